The van der Waals surface area contributed by atoms with Crippen LogP contribution in [-0.2, 0) is 21.0 Å². The molecule has 0 spiro atoms. The van der Waals surface area contributed by atoms with Crippen molar-refractivity contribution in [2.45, 2.75) is 56.1 Å². The summed E-state index contributed by atoms with van der Waals surface area (Å²) >= 11 is 5.96. The molecule has 0 bridgehead atoms. The topological polar surface area (TPSA) is 66.5 Å². The summed E-state index contributed by atoms with van der Waals surface area (Å²) in [4.78, 5) is 12.8. The SMILES string of the molecule is Cc1ccc(S(=O)(=O)N(CC(=O)Nc2cc(C(F)(F)F)ccc2Cl)C2CCCCC2)cc1. The van der Waals surface area contributed by atoms with E-state index in [4.69, 9.17) is 11.6 Å². The summed E-state index contributed by atoms with van der Waals surface area (Å²) in [6, 6.07) is 8.56. The summed E-state index contributed by atoms with van der Waals surface area (Å²) < 4.78 is 66.9. The van der Waals surface area contributed by atoms with Crippen molar-refractivity contribution in [2.75, 3.05) is 11.9 Å². The van der Waals surface area contributed by atoms with Gasteiger partial charge in [0.1, 0.15) is 0 Å². The molecule has 174 valence electrons. The molecule has 0 radical (unpaired) electrons. The average Bonchev–Trinajstić information content (AvgIpc) is 2.73. The van der Waals surface area contributed by atoms with E-state index in [0.717, 1.165) is 47.3 Å². The maximum atomic E-state index is 13.4. The summed E-state index contributed by atoms with van der Waals surface area (Å²) in [5.41, 5.74) is -0.290. The van der Waals surface area contributed by atoms with Crippen LogP contribution in [0.4, 0.5) is 18.9 Å². The van der Waals surface area contributed by atoms with E-state index in [0.29, 0.717) is 12.8 Å². The molecule has 1 fully saturated rings. The van der Waals surface area contributed by atoms with Gasteiger partial charge in [0.2, 0.25) is 15.9 Å². The minimum absolute atomic E-state index is 0.0681. The summed E-state index contributed by atoms with van der Waals surface area (Å²) in [6.07, 6.45) is -0.712. The summed E-state index contributed by atoms with van der Waals surface area (Å²) in [6.45, 7) is 1.31. The molecule has 32 heavy (non-hydrogen) atoms. The second kappa shape index (κ2) is 9.80. The van der Waals surface area contributed by atoms with Crippen LogP contribution in [0.1, 0.15) is 43.2 Å². The van der Waals surface area contributed by atoms with E-state index in [1.807, 2.05) is 6.92 Å². The first-order valence-electron chi connectivity index (χ1n) is 10.2. The number of aryl methyl sites for hydroxylation is 1. The Bertz CT molecular complexity index is 1070. The molecule has 2 aromatic rings. The van der Waals surface area contributed by atoms with Crippen LogP contribution in [-0.4, -0.2) is 31.2 Å². The van der Waals surface area contributed by atoms with Gasteiger partial charge in [-0.3, -0.25) is 4.79 Å². The number of carbonyl (C=O) groups is 1. The number of amides is 1. The number of sulfonamides is 1. The molecule has 0 saturated heterocycles. The Hall–Kier alpha value is -2.10. The van der Waals surface area contributed by atoms with Crippen LogP contribution in [0.3, 0.4) is 0 Å². The highest BCUT2D eigenvalue weighted by atomic mass is 35.5. The Labute approximate surface area is 190 Å². The zero-order chi connectivity index (χ0) is 23.5. The van der Waals surface area contributed by atoms with Crippen molar-refractivity contribution in [2.24, 2.45) is 0 Å². The minimum Gasteiger partial charge on any atom is -0.324 e. The van der Waals surface area contributed by atoms with Gasteiger partial charge < -0.3 is 5.32 Å². The lowest BCUT2D eigenvalue weighted by Crippen LogP contribution is -2.45. The minimum atomic E-state index is -4.60. The number of hydrogen-bond acceptors (Lipinski definition) is 3. The lowest BCUT2D eigenvalue weighted by atomic mass is 9.95. The Morgan fingerprint density at radius 3 is 2.31 bits per heavy atom. The number of anilines is 1. The van der Waals surface area contributed by atoms with E-state index in [1.165, 1.54) is 12.1 Å². The quantitative estimate of drug-likeness (QED) is 0.573. The van der Waals surface area contributed by atoms with Gasteiger partial charge in [-0.15, -0.1) is 0 Å². The molecule has 5 nitrogen and oxygen atoms in total. The molecule has 0 aromatic heterocycles. The molecule has 10 heteroatoms. The van der Waals surface area contributed by atoms with Gasteiger partial charge in [0, 0.05) is 6.04 Å². The van der Waals surface area contributed by atoms with E-state index < -0.39 is 34.2 Å². The van der Waals surface area contributed by atoms with E-state index in [-0.39, 0.29) is 21.6 Å². The standard InChI is InChI=1S/C22H24ClF3N2O3S/c1-15-7-10-18(11-8-15)32(30,31)28(17-5-3-2-4-6-17)14-21(29)27-20-13-16(22(24,25)26)9-12-19(20)23/h7-13,17H,2-6,14H2,1H3,(H,27,29). The predicted octanol–water partition coefficient (Wildman–Crippen LogP) is 5.63. The van der Waals surface area contributed by atoms with E-state index in [1.54, 1.807) is 12.1 Å². The van der Waals surface area contributed by atoms with Crippen LogP contribution in [0.15, 0.2) is 47.4 Å². The molecule has 1 saturated carbocycles. The highest BCUT2D eigenvalue weighted by molar-refractivity contribution is 7.89. The molecule has 1 amide bonds. The summed E-state index contributed by atoms with van der Waals surface area (Å²) in [5, 5.41) is 2.28. The highest BCUT2D eigenvalue weighted by Crippen LogP contribution is 2.34. The number of carbonyl (C=O) groups excluding carboxylic acids is 1. The van der Waals surface area contributed by atoms with Crippen LogP contribution >= 0.6 is 11.6 Å². The zero-order valence-corrected chi connectivity index (χ0v) is 19.0. The molecule has 1 N–H and O–H groups in total. The molecule has 0 unspecified atom stereocenters. The van der Waals surface area contributed by atoms with Gasteiger partial charge in [-0.1, -0.05) is 48.6 Å². The first-order chi connectivity index (χ1) is 15.0. The molecule has 0 atom stereocenters. The van der Waals surface area contributed by atoms with Gasteiger partial charge in [-0.05, 0) is 50.1 Å². The van der Waals surface area contributed by atoms with Crippen molar-refractivity contribution >= 4 is 33.2 Å². The third-order valence-electron chi connectivity index (χ3n) is 5.48. The Kier molecular flexibility index (Phi) is 7.52. The van der Waals surface area contributed by atoms with Crippen LogP contribution < -0.4 is 5.32 Å². The number of rotatable bonds is 6. The molecule has 3 rings (SSSR count). The van der Waals surface area contributed by atoms with Gasteiger partial charge in [0.05, 0.1) is 27.7 Å². The van der Waals surface area contributed by atoms with E-state index >= 15 is 0 Å². The van der Waals surface area contributed by atoms with Crippen molar-refractivity contribution in [3.63, 3.8) is 0 Å². The lowest BCUT2D eigenvalue weighted by molar-refractivity contribution is -0.137. The largest absolute Gasteiger partial charge is 0.416 e. The van der Waals surface area contributed by atoms with Crippen LogP contribution in [0.5, 0.6) is 0 Å². The zero-order valence-electron chi connectivity index (χ0n) is 17.5. The molecule has 1 aliphatic carbocycles. The lowest BCUT2D eigenvalue weighted by Gasteiger charge is -2.33. The van der Waals surface area contributed by atoms with Crippen LogP contribution in [0.25, 0.3) is 0 Å². The van der Waals surface area contributed by atoms with Gasteiger partial charge in [0.25, 0.3) is 0 Å². The average molecular weight is 489 g/mol. The second-order valence-electron chi connectivity index (χ2n) is 7.90. The smallest absolute Gasteiger partial charge is 0.324 e. The second-order valence-corrected chi connectivity index (χ2v) is 10.2. The highest BCUT2D eigenvalue weighted by Gasteiger charge is 2.35. The van der Waals surface area contributed by atoms with Crippen LogP contribution in [0.2, 0.25) is 5.02 Å². The Morgan fingerprint density at radius 1 is 1.09 bits per heavy atom. The number of nitrogens with zero attached hydrogens (tertiary/aromatic N) is 1. The van der Waals surface area contributed by atoms with Crippen LogP contribution in [0, 0.1) is 6.92 Å². The van der Waals surface area contributed by atoms with Crippen molar-refractivity contribution < 1.29 is 26.4 Å². The first kappa shape index (κ1) is 24.5. The first-order valence-corrected chi connectivity index (χ1v) is 12.1. The summed E-state index contributed by atoms with van der Waals surface area (Å²) in [7, 11) is -3.99. The molecular weight excluding hydrogens is 465 g/mol. The number of nitrogens with one attached hydrogen (secondary N) is 1. The summed E-state index contributed by atoms with van der Waals surface area (Å²) in [5.74, 6) is -0.757. The normalized spacial score (nSPS) is 15.7. The monoisotopic (exact) mass is 488 g/mol. The maximum absolute atomic E-state index is 13.4. The maximum Gasteiger partial charge on any atom is 0.416 e. The molecule has 0 heterocycles. The number of alkyl halides is 3. The van der Waals surface area contributed by atoms with Gasteiger partial charge in [0.15, 0.2) is 0 Å². The molecule has 2 aromatic carbocycles. The predicted molar refractivity (Wildman–Crippen MR) is 117 cm³/mol. The van der Waals surface area contributed by atoms with Gasteiger partial charge in [-0.2, -0.15) is 17.5 Å². The van der Waals surface area contributed by atoms with Crippen molar-refractivity contribution in [3.8, 4) is 0 Å². The fourth-order valence-corrected chi connectivity index (χ4v) is 5.56. The van der Waals surface area contributed by atoms with Crippen molar-refractivity contribution in [3.05, 3.63) is 58.6 Å². The van der Waals surface area contributed by atoms with Gasteiger partial charge in [-0.25, -0.2) is 8.42 Å². The van der Waals surface area contributed by atoms with Crippen molar-refractivity contribution in [1.82, 2.24) is 4.31 Å². The van der Waals surface area contributed by atoms with Gasteiger partial charge >= 0.3 is 6.18 Å². The number of halogens is 4. The fraction of sp³-hybridized carbons (Fsp3) is 0.409. The molecular formula is C22H24ClF3N2O3S. The fourth-order valence-electron chi connectivity index (χ4n) is 3.75. The number of benzene rings is 2. The molecule has 0 aliphatic heterocycles. The third-order valence-corrected chi connectivity index (χ3v) is 7.72. The van der Waals surface area contributed by atoms with E-state index in [2.05, 4.69) is 5.32 Å². The number of hydrogen-bond donors (Lipinski definition) is 1. The molecule has 1 aliphatic rings. The third kappa shape index (κ3) is 5.82. The van der Waals surface area contributed by atoms with Crippen molar-refractivity contribution in [1.29, 1.82) is 0 Å². The Morgan fingerprint density at radius 2 is 1.72 bits per heavy atom. The Balaban J connectivity index is 1.87. The van der Waals surface area contributed by atoms with E-state index in [9.17, 15) is 26.4 Å².